The number of para-hydroxylation sites is 2. The van der Waals surface area contributed by atoms with E-state index >= 15 is 0 Å². The molecule has 1 atom stereocenters. The van der Waals surface area contributed by atoms with Gasteiger partial charge < -0.3 is 9.52 Å². The molecule has 1 aliphatic rings. The van der Waals surface area contributed by atoms with E-state index in [0.29, 0.717) is 27.4 Å². The van der Waals surface area contributed by atoms with Crippen molar-refractivity contribution in [3.05, 3.63) is 66.1 Å². The third-order valence-electron chi connectivity index (χ3n) is 5.91. The minimum absolute atomic E-state index is 0.0499. The quantitative estimate of drug-likeness (QED) is 0.435. The Morgan fingerprint density at radius 3 is 2.63 bits per heavy atom. The minimum atomic E-state index is -0.852. The van der Waals surface area contributed by atoms with Gasteiger partial charge in [0.05, 0.1) is 29.6 Å². The number of aliphatic hydroxyl groups is 1. The highest BCUT2D eigenvalue weighted by Gasteiger charge is 2.33. The van der Waals surface area contributed by atoms with Gasteiger partial charge in [0, 0.05) is 18.5 Å². The van der Waals surface area contributed by atoms with Crippen LogP contribution in [0.15, 0.2) is 43.1 Å². The average Bonchev–Trinajstić information content (AvgIpc) is 3.50. The van der Waals surface area contributed by atoms with Gasteiger partial charge in [-0.2, -0.15) is 0 Å². The molecule has 3 aromatic heterocycles. The lowest BCUT2D eigenvalue weighted by atomic mass is 10.1. The molecule has 0 unspecified atom stereocenters. The minimum Gasteiger partial charge on any atom is -0.408 e. The Labute approximate surface area is 201 Å². The second-order valence-electron chi connectivity index (χ2n) is 8.97. The third-order valence-corrected chi connectivity index (χ3v) is 7.10. The topological polar surface area (TPSA) is 129 Å². The van der Waals surface area contributed by atoms with E-state index in [1.54, 1.807) is 24.3 Å². The molecule has 5 rings (SSSR count). The molecule has 184 valence electrons. The molecule has 12 heteroatoms. The van der Waals surface area contributed by atoms with Crippen LogP contribution in [0.1, 0.15) is 29.1 Å². The Bertz CT molecular complexity index is 1640. The number of aliphatic hydroxyl groups excluding tert-OH is 1. The summed E-state index contributed by atoms with van der Waals surface area (Å²) in [6, 6.07) is 6.90. The van der Waals surface area contributed by atoms with Crippen LogP contribution in [0, 0.1) is 5.92 Å². The summed E-state index contributed by atoms with van der Waals surface area (Å²) in [5.41, 5.74) is -0.116. The lowest BCUT2D eigenvalue weighted by molar-refractivity contribution is -0.0778. The summed E-state index contributed by atoms with van der Waals surface area (Å²) < 4.78 is 9.19. The van der Waals surface area contributed by atoms with Gasteiger partial charge in [0.15, 0.2) is 5.58 Å². The van der Waals surface area contributed by atoms with Gasteiger partial charge in [-0.25, -0.2) is 14.7 Å². The number of carbonyl (C=O) groups excluding carboxylic acids is 1. The number of benzene rings is 1. The van der Waals surface area contributed by atoms with Gasteiger partial charge in [0.25, 0.3) is 11.5 Å². The Morgan fingerprint density at radius 2 is 1.94 bits per heavy atom. The van der Waals surface area contributed by atoms with Crippen LogP contribution in [0.3, 0.4) is 0 Å². The monoisotopic (exact) mass is 500 g/mol. The Balaban J connectivity index is 1.79. The molecule has 0 bridgehead atoms. The SMILES string of the molecule is CC(C)Cn1c(=O)n(C)c(=O)c2c(C(=O)N3C[C@H](O)CO3)c(Cn3c(=O)oc4ccccc43)sc21. The molecule has 1 aliphatic heterocycles. The van der Waals surface area contributed by atoms with E-state index < -0.39 is 29.0 Å². The summed E-state index contributed by atoms with van der Waals surface area (Å²) in [5, 5.41) is 11.0. The number of rotatable bonds is 5. The highest BCUT2D eigenvalue weighted by Crippen LogP contribution is 2.32. The molecule has 0 saturated carbocycles. The Kier molecular flexibility index (Phi) is 5.74. The number of oxazole rings is 1. The van der Waals surface area contributed by atoms with Gasteiger partial charge in [-0.05, 0) is 18.1 Å². The van der Waals surface area contributed by atoms with Gasteiger partial charge in [-0.15, -0.1) is 11.3 Å². The first kappa shape index (κ1) is 23.3. The first-order chi connectivity index (χ1) is 16.7. The summed E-state index contributed by atoms with van der Waals surface area (Å²) in [4.78, 5) is 58.6. The van der Waals surface area contributed by atoms with Gasteiger partial charge in [-0.3, -0.25) is 28.1 Å². The van der Waals surface area contributed by atoms with Crippen molar-refractivity contribution in [3.63, 3.8) is 0 Å². The largest absolute Gasteiger partial charge is 0.420 e. The van der Waals surface area contributed by atoms with Gasteiger partial charge in [-0.1, -0.05) is 26.0 Å². The summed E-state index contributed by atoms with van der Waals surface area (Å²) in [6.45, 7) is 4.07. The predicted octanol–water partition coefficient (Wildman–Crippen LogP) is 1.12. The van der Waals surface area contributed by atoms with Crippen LogP contribution in [0.2, 0.25) is 0 Å². The highest BCUT2D eigenvalue weighted by atomic mass is 32.1. The molecule has 1 amide bonds. The van der Waals surface area contributed by atoms with Crippen LogP contribution in [0.4, 0.5) is 0 Å². The molecule has 0 aliphatic carbocycles. The molecule has 0 spiro atoms. The molecule has 4 aromatic rings. The standard InChI is InChI=1S/C23H24N4O7S/c1-12(2)8-26-21-18(19(29)24(3)22(26)31)17(20(30)27-9-13(28)11-33-27)16(35-21)10-25-14-6-4-5-7-15(14)34-23(25)32/h4-7,12-13,28H,8-11H2,1-3H3/t13-/m0/s1. The van der Waals surface area contributed by atoms with Gasteiger partial charge >= 0.3 is 11.4 Å². The van der Waals surface area contributed by atoms with Crippen molar-refractivity contribution in [2.75, 3.05) is 13.2 Å². The number of amides is 1. The van der Waals surface area contributed by atoms with Crippen molar-refractivity contribution < 1.29 is 19.2 Å². The van der Waals surface area contributed by atoms with Crippen LogP contribution in [-0.2, 0) is 25.0 Å². The van der Waals surface area contributed by atoms with Crippen LogP contribution in [0.5, 0.6) is 0 Å². The second kappa shape index (κ2) is 8.63. The number of hydrogen-bond donors (Lipinski definition) is 1. The number of thiophene rings is 1. The van der Waals surface area contributed by atoms with E-state index in [4.69, 9.17) is 9.25 Å². The zero-order valence-electron chi connectivity index (χ0n) is 19.4. The molecule has 1 fully saturated rings. The molecule has 35 heavy (non-hydrogen) atoms. The van der Waals surface area contributed by atoms with E-state index in [1.165, 1.54) is 16.2 Å². The fourth-order valence-corrected chi connectivity index (χ4v) is 5.56. The first-order valence-electron chi connectivity index (χ1n) is 11.1. The molecular weight excluding hydrogens is 476 g/mol. The van der Waals surface area contributed by atoms with E-state index in [0.717, 1.165) is 21.0 Å². The van der Waals surface area contributed by atoms with Gasteiger partial charge in [0.2, 0.25) is 0 Å². The third kappa shape index (κ3) is 3.83. The van der Waals surface area contributed by atoms with Crippen LogP contribution < -0.4 is 17.0 Å². The van der Waals surface area contributed by atoms with Crippen molar-refractivity contribution in [1.29, 1.82) is 0 Å². The molecular formula is C23H24N4O7S. The van der Waals surface area contributed by atoms with Crippen molar-refractivity contribution >= 4 is 38.6 Å². The smallest absolute Gasteiger partial charge is 0.408 e. The van der Waals surface area contributed by atoms with Crippen molar-refractivity contribution in [2.45, 2.75) is 33.0 Å². The number of β-amino-alcohol motifs (C(OH)–C–C–N with tert-alkyl or cyclic N) is 1. The second-order valence-corrected chi connectivity index (χ2v) is 10.1. The van der Waals surface area contributed by atoms with Crippen LogP contribution in [-0.4, -0.2) is 49.0 Å². The van der Waals surface area contributed by atoms with E-state index in [1.807, 2.05) is 13.8 Å². The number of hydrogen-bond acceptors (Lipinski definition) is 8. The number of nitrogens with zero attached hydrogens (tertiary/aromatic N) is 4. The zero-order valence-corrected chi connectivity index (χ0v) is 20.2. The van der Waals surface area contributed by atoms with E-state index in [-0.39, 0.29) is 36.6 Å². The maximum absolute atomic E-state index is 13.6. The average molecular weight is 501 g/mol. The summed E-state index contributed by atoms with van der Waals surface area (Å²) in [5.74, 6) is -1.13. The van der Waals surface area contributed by atoms with Gasteiger partial charge in [0.1, 0.15) is 17.5 Å². The van der Waals surface area contributed by atoms with Crippen molar-refractivity contribution in [1.82, 2.24) is 18.8 Å². The lowest BCUT2D eigenvalue weighted by Gasteiger charge is -2.15. The number of hydroxylamine groups is 2. The molecule has 1 aromatic carbocycles. The number of carbonyl (C=O) groups is 1. The molecule has 11 nitrogen and oxygen atoms in total. The highest BCUT2D eigenvalue weighted by molar-refractivity contribution is 7.19. The van der Waals surface area contributed by atoms with Crippen molar-refractivity contribution in [2.24, 2.45) is 13.0 Å². The van der Waals surface area contributed by atoms with E-state index in [2.05, 4.69) is 0 Å². The van der Waals surface area contributed by atoms with E-state index in [9.17, 15) is 24.3 Å². The normalized spacial score (nSPS) is 16.3. The van der Waals surface area contributed by atoms with Crippen molar-refractivity contribution in [3.8, 4) is 0 Å². The fraction of sp³-hybridized carbons (Fsp3) is 0.391. The molecule has 1 N–H and O–H groups in total. The fourth-order valence-electron chi connectivity index (χ4n) is 4.29. The molecule has 4 heterocycles. The predicted molar refractivity (Wildman–Crippen MR) is 129 cm³/mol. The maximum Gasteiger partial charge on any atom is 0.420 e. The molecule has 1 saturated heterocycles. The summed E-state index contributed by atoms with van der Waals surface area (Å²) in [6.07, 6.45) is -0.852. The van der Waals surface area contributed by atoms with Crippen LogP contribution in [0.25, 0.3) is 21.3 Å². The number of fused-ring (bicyclic) bond motifs is 2. The Morgan fingerprint density at radius 1 is 1.20 bits per heavy atom. The zero-order chi connectivity index (χ0) is 25.0. The summed E-state index contributed by atoms with van der Waals surface area (Å²) >= 11 is 1.12. The maximum atomic E-state index is 13.6. The molecule has 0 radical (unpaired) electrons. The Hall–Kier alpha value is -3.48. The van der Waals surface area contributed by atoms with Crippen LogP contribution >= 0.6 is 11.3 Å². The number of aromatic nitrogens is 3. The first-order valence-corrected chi connectivity index (χ1v) is 12.0. The lowest BCUT2D eigenvalue weighted by Crippen LogP contribution is -2.39. The summed E-state index contributed by atoms with van der Waals surface area (Å²) in [7, 11) is 1.37.